The average Bonchev–Trinajstić information content (AvgIpc) is 2.32. The first kappa shape index (κ1) is 13.0. The van der Waals surface area contributed by atoms with Gasteiger partial charge in [0.2, 0.25) is 0 Å². The van der Waals surface area contributed by atoms with Crippen LogP contribution >= 0.6 is 15.9 Å². The summed E-state index contributed by atoms with van der Waals surface area (Å²) in [6.45, 7) is 2.17. The fraction of sp³-hybridized carbons (Fsp3) is 0.143. The van der Waals surface area contributed by atoms with Crippen LogP contribution in [0.2, 0.25) is 0 Å². The standard InChI is InChI=1S/C14H11BrF2O/c1-9-2-5-14(11(15)6-9)18-8-10-3-4-12(16)13(17)7-10/h2-7H,8H2,1H3. The summed E-state index contributed by atoms with van der Waals surface area (Å²) >= 11 is 3.39. The summed E-state index contributed by atoms with van der Waals surface area (Å²) in [5.41, 5.74) is 1.70. The molecule has 0 aliphatic heterocycles. The second-order valence-corrected chi connectivity index (χ2v) is 4.83. The Hall–Kier alpha value is -1.42. The highest BCUT2D eigenvalue weighted by Gasteiger charge is 2.05. The molecule has 4 heteroatoms. The molecule has 0 aliphatic carbocycles. The van der Waals surface area contributed by atoms with Crippen LogP contribution in [-0.2, 0) is 6.61 Å². The Morgan fingerprint density at radius 3 is 2.50 bits per heavy atom. The van der Waals surface area contributed by atoms with Crippen molar-refractivity contribution < 1.29 is 13.5 Å². The van der Waals surface area contributed by atoms with Crippen molar-refractivity contribution in [2.75, 3.05) is 0 Å². The molecule has 0 fully saturated rings. The molecule has 18 heavy (non-hydrogen) atoms. The van der Waals surface area contributed by atoms with E-state index in [9.17, 15) is 8.78 Å². The second-order valence-electron chi connectivity index (χ2n) is 3.97. The van der Waals surface area contributed by atoms with E-state index in [0.29, 0.717) is 11.3 Å². The monoisotopic (exact) mass is 312 g/mol. The molecule has 0 aromatic heterocycles. The van der Waals surface area contributed by atoms with E-state index in [4.69, 9.17) is 4.74 Å². The molecule has 2 rings (SSSR count). The Kier molecular flexibility index (Phi) is 3.97. The number of rotatable bonds is 3. The molecule has 0 heterocycles. The van der Waals surface area contributed by atoms with Gasteiger partial charge in [0, 0.05) is 0 Å². The highest BCUT2D eigenvalue weighted by atomic mass is 79.9. The van der Waals surface area contributed by atoms with Crippen molar-refractivity contribution in [3.63, 3.8) is 0 Å². The number of halogens is 3. The second kappa shape index (κ2) is 5.48. The Labute approximate surface area is 113 Å². The van der Waals surface area contributed by atoms with Gasteiger partial charge >= 0.3 is 0 Å². The van der Waals surface area contributed by atoms with Crippen molar-refractivity contribution in [1.82, 2.24) is 0 Å². The fourth-order valence-corrected chi connectivity index (χ4v) is 2.12. The van der Waals surface area contributed by atoms with E-state index in [1.54, 1.807) is 0 Å². The van der Waals surface area contributed by atoms with Crippen molar-refractivity contribution in [1.29, 1.82) is 0 Å². The lowest BCUT2D eigenvalue weighted by Crippen LogP contribution is -1.97. The fourth-order valence-electron chi connectivity index (χ4n) is 1.51. The Balaban J connectivity index is 2.09. The maximum Gasteiger partial charge on any atom is 0.159 e. The SMILES string of the molecule is Cc1ccc(OCc2ccc(F)c(F)c2)c(Br)c1. The lowest BCUT2D eigenvalue weighted by molar-refractivity contribution is 0.303. The lowest BCUT2D eigenvalue weighted by Gasteiger charge is -2.09. The van der Waals surface area contributed by atoms with Crippen LogP contribution in [0.3, 0.4) is 0 Å². The molecule has 94 valence electrons. The number of hydrogen-bond donors (Lipinski definition) is 0. The Morgan fingerprint density at radius 1 is 1.06 bits per heavy atom. The van der Waals surface area contributed by atoms with Crippen molar-refractivity contribution in [3.05, 3.63) is 63.6 Å². The van der Waals surface area contributed by atoms with Gasteiger partial charge in [-0.3, -0.25) is 0 Å². The van der Waals surface area contributed by atoms with Gasteiger partial charge in [-0.2, -0.15) is 0 Å². The third-order valence-corrected chi connectivity index (χ3v) is 3.09. The minimum Gasteiger partial charge on any atom is -0.488 e. The third-order valence-electron chi connectivity index (χ3n) is 2.47. The van der Waals surface area contributed by atoms with Crippen molar-refractivity contribution >= 4 is 15.9 Å². The molecule has 2 aromatic rings. The average molecular weight is 313 g/mol. The summed E-state index contributed by atoms with van der Waals surface area (Å²) in [5, 5.41) is 0. The molecule has 0 saturated carbocycles. The molecule has 0 radical (unpaired) electrons. The predicted molar refractivity (Wildman–Crippen MR) is 69.6 cm³/mol. The largest absolute Gasteiger partial charge is 0.488 e. The van der Waals surface area contributed by atoms with Gasteiger partial charge in [-0.25, -0.2) is 8.78 Å². The molecule has 0 bridgehead atoms. The molecule has 0 spiro atoms. The minimum absolute atomic E-state index is 0.193. The molecule has 0 aliphatic rings. The van der Waals surface area contributed by atoms with E-state index in [-0.39, 0.29) is 6.61 Å². The lowest BCUT2D eigenvalue weighted by atomic mass is 10.2. The highest BCUT2D eigenvalue weighted by molar-refractivity contribution is 9.10. The van der Waals surface area contributed by atoms with Gasteiger partial charge in [-0.15, -0.1) is 0 Å². The van der Waals surface area contributed by atoms with Gasteiger partial charge in [0.25, 0.3) is 0 Å². The van der Waals surface area contributed by atoms with Crippen LogP contribution in [0.4, 0.5) is 8.78 Å². The first-order chi connectivity index (χ1) is 8.56. The van der Waals surface area contributed by atoms with Crippen molar-refractivity contribution in [2.24, 2.45) is 0 Å². The normalized spacial score (nSPS) is 10.4. The Morgan fingerprint density at radius 2 is 1.83 bits per heavy atom. The molecule has 2 aromatic carbocycles. The summed E-state index contributed by atoms with van der Waals surface area (Å²) in [7, 11) is 0. The maximum absolute atomic E-state index is 13.0. The quantitative estimate of drug-likeness (QED) is 0.804. The van der Waals surface area contributed by atoms with Gasteiger partial charge in [0.05, 0.1) is 4.47 Å². The van der Waals surface area contributed by atoms with E-state index < -0.39 is 11.6 Å². The first-order valence-electron chi connectivity index (χ1n) is 5.39. The number of hydrogen-bond acceptors (Lipinski definition) is 1. The smallest absolute Gasteiger partial charge is 0.159 e. The van der Waals surface area contributed by atoms with E-state index in [0.717, 1.165) is 22.2 Å². The Bertz CT molecular complexity index is 570. The van der Waals surface area contributed by atoms with Crippen molar-refractivity contribution in [3.8, 4) is 5.75 Å². The number of aryl methyl sites for hydroxylation is 1. The van der Waals surface area contributed by atoms with Crippen LogP contribution in [0, 0.1) is 18.6 Å². The zero-order chi connectivity index (χ0) is 13.1. The van der Waals surface area contributed by atoms with Gasteiger partial charge in [0.15, 0.2) is 11.6 Å². The molecule has 0 unspecified atom stereocenters. The van der Waals surface area contributed by atoms with Gasteiger partial charge in [0.1, 0.15) is 12.4 Å². The summed E-state index contributed by atoms with van der Waals surface area (Å²) < 4.78 is 32.1. The van der Waals surface area contributed by atoms with E-state index in [1.807, 2.05) is 25.1 Å². The first-order valence-corrected chi connectivity index (χ1v) is 6.18. The van der Waals surface area contributed by atoms with Gasteiger partial charge in [-0.1, -0.05) is 12.1 Å². The van der Waals surface area contributed by atoms with Gasteiger partial charge < -0.3 is 4.74 Å². The molecule has 0 N–H and O–H groups in total. The summed E-state index contributed by atoms with van der Waals surface area (Å²) in [6, 6.07) is 9.42. The molecule has 1 nitrogen and oxygen atoms in total. The number of ether oxygens (including phenoxy) is 1. The summed E-state index contributed by atoms with van der Waals surface area (Å²) in [4.78, 5) is 0. The zero-order valence-corrected chi connectivity index (χ0v) is 11.3. The highest BCUT2D eigenvalue weighted by Crippen LogP contribution is 2.26. The predicted octanol–water partition coefficient (Wildman–Crippen LogP) is 4.61. The topological polar surface area (TPSA) is 9.23 Å². The van der Waals surface area contributed by atoms with Gasteiger partial charge in [-0.05, 0) is 58.2 Å². The van der Waals surface area contributed by atoms with Crippen LogP contribution in [0.15, 0.2) is 40.9 Å². The minimum atomic E-state index is -0.862. The van der Waals surface area contributed by atoms with Crippen LogP contribution in [-0.4, -0.2) is 0 Å². The third kappa shape index (κ3) is 3.07. The summed E-state index contributed by atoms with van der Waals surface area (Å²) in [5.74, 6) is -1.04. The van der Waals surface area contributed by atoms with Crippen LogP contribution in [0.5, 0.6) is 5.75 Å². The van der Waals surface area contributed by atoms with E-state index in [1.165, 1.54) is 6.07 Å². The van der Waals surface area contributed by atoms with Crippen LogP contribution in [0.1, 0.15) is 11.1 Å². The molecule has 0 atom stereocenters. The van der Waals surface area contributed by atoms with Crippen molar-refractivity contribution in [2.45, 2.75) is 13.5 Å². The molecule has 0 amide bonds. The van der Waals surface area contributed by atoms with E-state index in [2.05, 4.69) is 15.9 Å². The van der Waals surface area contributed by atoms with Crippen LogP contribution < -0.4 is 4.74 Å². The molecular formula is C14H11BrF2O. The van der Waals surface area contributed by atoms with E-state index >= 15 is 0 Å². The molecular weight excluding hydrogens is 302 g/mol. The molecule has 0 saturated heterocycles. The number of benzene rings is 2. The summed E-state index contributed by atoms with van der Waals surface area (Å²) in [6.07, 6.45) is 0. The van der Waals surface area contributed by atoms with Crippen LogP contribution in [0.25, 0.3) is 0 Å². The zero-order valence-electron chi connectivity index (χ0n) is 9.71. The maximum atomic E-state index is 13.0.